The van der Waals surface area contributed by atoms with E-state index in [0.29, 0.717) is 0 Å². The quantitative estimate of drug-likeness (QED) is 0.455. The zero-order chi connectivity index (χ0) is 14.0. The van der Waals surface area contributed by atoms with Crippen LogP contribution in [0.15, 0.2) is 30.3 Å². The Kier molecular flexibility index (Phi) is 10.9. The van der Waals surface area contributed by atoms with Crippen molar-refractivity contribution in [2.75, 3.05) is 27.2 Å². The van der Waals surface area contributed by atoms with Gasteiger partial charge >= 0.3 is 0 Å². The molecular formula is C18H32ClN. The van der Waals surface area contributed by atoms with Crippen molar-refractivity contribution in [1.29, 1.82) is 0 Å². The normalized spacial score (nSPS) is 11.2. The van der Waals surface area contributed by atoms with Crippen molar-refractivity contribution < 1.29 is 16.9 Å². The molecule has 0 N–H and O–H groups in total. The van der Waals surface area contributed by atoms with Gasteiger partial charge in [-0.3, -0.25) is 0 Å². The molecule has 0 aliphatic heterocycles. The number of hydrogen-bond acceptors (Lipinski definition) is 0. The first-order chi connectivity index (χ1) is 9.14. The van der Waals surface area contributed by atoms with Crippen LogP contribution in [0.5, 0.6) is 0 Å². The van der Waals surface area contributed by atoms with Gasteiger partial charge in [0, 0.05) is 6.42 Å². The second kappa shape index (κ2) is 11.2. The Morgan fingerprint density at radius 1 is 0.800 bits per heavy atom. The van der Waals surface area contributed by atoms with Crippen LogP contribution in [0.25, 0.3) is 0 Å². The molecule has 116 valence electrons. The number of benzene rings is 1. The van der Waals surface area contributed by atoms with Crippen LogP contribution in [-0.4, -0.2) is 31.7 Å². The van der Waals surface area contributed by atoms with Crippen LogP contribution >= 0.6 is 0 Å². The first-order valence-corrected chi connectivity index (χ1v) is 8.00. The van der Waals surface area contributed by atoms with Gasteiger partial charge < -0.3 is 16.9 Å². The molecule has 0 aliphatic carbocycles. The van der Waals surface area contributed by atoms with Crippen LogP contribution in [0.2, 0.25) is 0 Å². The summed E-state index contributed by atoms with van der Waals surface area (Å²) in [4.78, 5) is 0. The molecule has 0 bridgehead atoms. The lowest BCUT2D eigenvalue weighted by molar-refractivity contribution is -0.890. The summed E-state index contributed by atoms with van der Waals surface area (Å²) in [5.41, 5.74) is 1.47. The van der Waals surface area contributed by atoms with Crippen molar-refractivity contribution in [3.05, 3.63) is 35.9 Å². The predicted molar refractivity (Wildman–Crippen MR) is 85.4 cm³/mol. The molecule has 0 atom stereocenters. The van der Waals surface area contributed by atoms with Gasteiger partial charge in [0.1, 0.15) is 0 Å². The van der Waals surface area contributed by atoms with E-state index in [4.69, 9.17) is 0 Å². The summed E-state index contributed by atoms with van der Waals surface area (Å²) < 4.78 is 1.16. The van der Waals surface area contributed by atoms with E-state index in [0.717, 1.165) is 4.48 Å². The number of nitrogens with zero attached hydrogens (tertiary/aromatic N) is 1. The van der Waals surface area contributed by atoms with Crippen LogP contribution in [0, 0.1) is 0 Å². The second-order valence-corrected chi connectivity index (χ2v) is 6.39. The summed E-state index contributed by atoms with van der Waals surface area (Å²) in [5.74, 6) is 0. The summed E-state index contributed by atoms with van der Waals surface area (Å²) in [6, 6.07) is 10.9. The Morgan fingerprint density at radius 3 is 2.05 bits per heavy atom. The van der Waals surface area contributed by atoms with E-state index in [-0.39, 0.29) is 12.4 Å². The minimum absolute atomic E-state index is 0. The lowest BCUT2D eigenvalue weighted by Crippen LogP contribution is -3.00. The molecule has 0 unspecified atom stereocenters. The number of likely N-dealkylation sites (N-methyl/N-ethyl adjacent to an activating group) is 1. The van der Waals surface area contributed by atoms with Gasteiger partial charge in [-0.15, -0.1) is 0 Å². The molecule has 0 heterocycles. The van der Waals surface area contributed by atoms with E-state index in [1.54, 1.807) is 0 Å². The summed E-state index contributed by atoms with van der Waals surface area (Å²) in [7, 11) is 4.74. The highest BCUT2D eigenvalue weighted by atomic mass is 35.5. The molecule has 0 saturated heterocycles. The topological polar surface area (TPSA) is 0 Å². The summed E-state index contributed by atoms with van der Waals surface area (Å²) in [5, 5.41) is 0. The van der Waals surface area contributed by atoms with E-state index in [9.17, 15) is 0 Å². The van der Waals surface area contributed by atoms with Gasteiger partial charge in [-0.25, -0.2) is 0 Å². The van der Waals surface area contributed by atoms with Crippen LogP contribution < -0.4 is 12.4 Å². The molecule has 0 aliphatic rings. The van der Waals surface area contributed by atoms with E-state index >= 15 is 0 Å². The van der Waals surface area contributed by atoms with Gasteiger partial charge in [0.25, 0.3) is 0 Å². The van der Waals surface area contributed by atoms with Crippen LogP contribution in [0.1, 0.15) is 51.0 Å². The van der Waals surface area contributed by atoms with Gasteiger partial charge in [-0.1, -0.05) is 62.9 Å². The van der Waals surface area contributed by atoms with Gasteiger partial charge in [0.15, 0.2) is 0 Å². The average Bonchev–Trinajstić information content (AvgIpc) is 2.42. The number of hydrogen-bond donors (Lipinski definition) is 0. The maximum absolute atomic E-state index is 2.37. The van der Waals surface area contributed by atoms with E-state index < -0.39 is 0 Å². The van der Waals surface area contributed by atoms with Crippen molar-refractivity contribution in [3.8, 4) is 0 Å². The van der Waals surface area contributed by atoms with Crippen molar-refractivity contribution in [2.45, 2.75) is 51.9 Å². The Hall–Kier alpha value is -0.530. The van der Waals surface area contributed by atoms with Crippen molar-refractivity contribution in [1.82, 2.24) is 0 Å². The zero-order valence-electron chi connectivity index (χ0n) is 13.6. The van der Waals surface area contributed by atoms with Gasteiger partial charge in [0.2, 0.25) is 0 Å². The van der Waals surface area contributed by atoms with Crippen molar-refractivity contribution >= 4 is 0 Å². The Balaban J connectivity index is 0.00000361. The lowest BCUT2D eigenvalue weighted by Gasteiger charge is -2.30. The minimum atomic E-state index is 0. The van der Waals surface area contributed by atoms with Crippen molar-refractivity contribution in [2.24, 2.45) is 0 Å². The lowest BCUT2D eigenvalue weighted by atomic mass is 10.1. The highest BCUT2D eigenvalue weighted by Gasteiger charge is 2.13. The molecule has 0 fully saturated rings. The largest absolute Gasteiger partial charge is 1.00 e. The summed E-state index contributed by atoms with van der Waals surface area (Å²) >= 11 is 0. The molecule has 0 saturated carbocycles. The summed E-state index contributed by atoms with van der Waals surface area (Å²) in [6.07, 6.45) is 9.59. The molecule has 0 amide bonds. The first kappa shape index (κ1) is 19.5. The number of rotatable bonds is 10. The van der Waals surface area contributed by atoms with E-state index in [2.05, 4.69) is 51.4 Å². The predicted octanol–water partition coefficient (Wildman–Crippen LogP) is 1.67. The molecule has 0 aromatic heterocycles. The smallest absolute Gasteiger partial charge is 0.0823 e. The maximum atomic E-state index is 2.37. The molecular weight excluding hydrogens is 266 g/mol. The van der Waals surface area contributed by atoms with E-state index in [1.807, 2.05) is 0 Å². The SMILES string of the molecule is CCCCCCCC[N+](C)(C)CCc1ccccc1.[Cl-]. The number of halogens is 1. The number of unbranched alkanes of at least 4 members (excludes halogenated alkanes) is 5. The molecule has 0 radical (unpaired) electrons. The average molecular weight is 298 g/mol. The molecule has 1 aromatic rings. The van der Waals surface area contributed by atoms with Crippen molar-refractivity contribution in [3.63, 3.8) is 0 Å². The van der Waals surface area contributed by atoms with Crippen LogP contribution in [0.3, 0.4) is 0 Å². The summed E-state index contributed by atoms with van der Waals surface area (Å²) in [6.45, 7) is 4.85. The molecule has 0 spiro atoms. The highest BCUT2D eigenvalue weighted by molar-refractivity contribution is 5.14. The van der Waals surface area contributed by atoms with Crippen LogP contribution in [0.4, 0.5) is 0 Å². The zero-order valence-corrected chi connectivity index (χ0v) is 14.3. The molecule has 1 aromatic carbocycles. The van der Waals surface area contributed by atoms with E-state index in [1.165, 1.54) is 63.6 Å². The van der Waals surface area contributed by atoms with Crippen LogP contribution in [-0.2, 0) is 6.42 Å². The number of quaternary nitrogens is 1. The molecule has 20 heavy (non-hydrogen) atoms. The third kappa shape index (κ3) is 9.39. The first-order valence-electron chi connectivity index (χ1n) is 8.00. The van der Waals surface area contributed by atoms with Gasteiger partial charge in [-0.05, 0) is 18.4 Å². The fourth-order valence-corrected chi connectivity index (χ4v) is 2.51. The molecule has 1 nitrogen and oxygen atoms in total. The molecule has 2 heteroatoms. The Morgan fingerprint density at radius 2 is 1.40 bits per heavy atom. The molecule has 1 rings (SSSR count). The third-order valence-corrected chi connectivity index (χ3v) is 3.97. The van der Waals surface area contributed by atoms with Gasteiger partial charge in [-0.2, -0.15) is 0 Å². The maximum Gasteiger partial charge on any atom is 0.0823 e. The highest BCUT2D eigenvalue weighted by Crippen LogP contribution is 2.10. The second-order valence-electron chi connectivity index (χ2n) is 6.39. The third-order valence-electron chi connectivity index (χ3n) is 3.97. The minimum Gasteiger partial charge on any atom is -1.00 e. The monoisotopic (exact) mass is 297 g/mol. The van der Waals surface area contributed by atoms with Gasteiger partial charge in [0.05, 0.1) is 27.2 Å². The standard InChI is InChI=1S/C18H32N.ClH/c1-4-5-6-7-8-12-16-19(2,3)17-15-18-13-10-9-11-14-18;/h9-11,13-14H,4-8,12,15-17H2,1-3H3;1H/q+1;/p-1. The Labute approximate surface area is 132 Å². The Bertz CT molecular complexity index is 321. The fourth-order valence-electron chi connectivity index (χ4n) is 2.51. The fraction of sp³-hybridized carbons (Fsp3) is 0.667.